The lowest BCUT2D eigenvalue weighted by Gasteiger charge is -2.00. The second-order valence-corrected chi connectivity index (χ2v) is 1.71. The van der Waals surface area contributed by atoms with Crippen molar-refractivity contribution in [3.05, 3.63) is 12.7 Å². The third-order valence-corrected chi connectivity index (χ3v) is 0.862. The molecule has 0 aromatic carbocycles. The van der Waals surface area contributed by atoms with Crippen molar-refractivity contribution >= 4 is 5.97 Å². The lowest BCUT2D eigenvalue weighted by molar-refractivity contribution is -0.143. The van der Waals surface area contributed by atoms with Crippen LogP contribution in [0.2, 0.25) is 0 Å². The van der Waals surface area contributed by atoms with Gasteiger partial charge in [-0.05, 0) is 0 Å². The van der Waals surface area contributed by atoms with Gasteiger partial charge in [-0.3, -0.25) is 4.79 Å². The molecule has 0 aliphatic rings. The first kappa shape index (κ1) is 9.17. The van der Waals surface area contributed by atoms with Crippen LogP contribution in [-0.2, 0) is 14.3 Å². The number of carbonyl (C=O) groups excluding carboxylic acids is 1. The summed E-state index contributed by atoms with van der Waals surface area (Å²) in [5.41, 5.74) is 0. The second kappa shape index (κ2) is 6.29. The lowest BCUT2D eigenvalue weighted by Crippen LogP contribution is -2.08. The number of methoxy groups -OCH3 is 1. The molecule has 0 N–H and O–H groups in total. The van der Waals surface area contributed by atoms with E-state index in [2.05, 4.69) is 16.1 Å². The maximum Gasteiger partial charge on any atom is 0.309 e. The Balaban J connectivity index is 3.13. The molecule has 0 aliphatic carbocycles. The van der Waals surface area contributed by atoms with E-state index < -0.39 is 0 Å². The number of carbonyl (C=O) groups is 1. The molecule has 0 radical (unpaired) electrons. The molecule has 0 fully saturated rings. The molecule has 10 heavy (non-hydrogen) atoms. The van der Waals surface area contributed by atoms with Gasteiger partial charge in [0.15, 0.2) is 0 Å². The first-order valence-electron chi connectivity index (χ1n) is 3.06. The molecule has 0 spiro atoms. The molecule has 0 rings (SSSR count). The predicted octanol–water partition coefficient (Wildman–Crippen LogP) is 0.752. The monoisotopic (exact) mass is 144 g/mol. The third-order valence-electron chi connectivity index (χ3n) is 0.862. The molecule has 0 saturated heterocycles. The third kappa shape index (κ3) is 5.31. The zero-order chi connectivity index (χ0) is 7.82. The van der Waals surface area contributed by atoms with Gasteiger partial charge in [-0.25, -0.2) is 0 Å². The number of hydrogen-bond donors (Lipinski definition) is 0. The Morgan fingerprint density at radius 3 is 2.80 bits per heavy atom. The van der Waals surface area contributed by atoms with Gasteiger partial charge in [-0.2, -0.15) is 0 Å². The van der Waals surface area contributed by atoms with Crippen molar-refractivity contribution in [1.29, 1.82) is 0 Å². The highest BCUT2D eigenvalue weighted by Gasteiger charge is 1.96. The molecule has 58 valence electrons. The average molecular weight is 144 g/mol. The summed E-state index contributed by atoms with van der Waals surface area (Å²) in [7, 11) is 1.56. The van der Waals surface area contributed by atoms with Crippen molar-refractivity contribution in [2.24, 2.45) is 0 Å². The first-order chi connectivity index (χ1) is 4.81. The van der Waals surface area contributed by atoms with E-state index in [1.165, 1.54) is 6.08 Å². The van der Waals surface area contributed by atoms with Crippen molar-refractivity contribution in [3.63, 3.8) is 0 Å². The summed E-state index contributed by atoms with van der Waals surface area (Å²) >= 11 is 0. The number of esters is 1. The van der Waals surface area contributed by atoms with Gasteiger partial charge in [0, 0.05) is 7.11 Å². The Labute approximate surface area is 60.6 Å². The zero-order valence-electron chi connectivity index (χ0n) is 6.13. The van der Waals surface area contributed by atoms with Crippen LogP contribution >= 0.6 is 0 Å². The Hall–Kier alpha value is -0.830. The predicted molar refractivity (Wildman–Crippen MR) is 37.6 cm³/mol. The fourth-order valence-corrected chi connectivity index (χ4v) is 0.416. The summed E-state index contributed by atoms with van der Waals surface area (Å²) in [6, 6.07) is 0. The van der Waals surface area contributed by atoms with E-state index in [4.69, 9.17) is 0 Å². The molecule has 0 aromatic rings. The molecule has 0 saturated carbocycles. The molecule has 0 aliphatic heterocycles. The van der Waals surface area contributed by atoms with E-state index in [1.807, 2.05) is 0 Å². The minimum Gasteiger partial charge on any atom is -0.463 e. The highest BCUT2D eigenvalue weighted by Crippen LogP contribution is 1.85. The van der Waals surface area contributed by atoms with Gasteiger partial charge in [0.1, 0.15) is 6.61 Å². The largest absolute Gasteiger partial charge is 0.463 e. The summed E-state index contributed by atoms with van der Waals surface area (Å²) < 4.78 is 9.35. The van der Waals surface area contributed by atoms with Gasteiger partial charge in [-0.1, -0.05) is 6.08 Å². The molecule has 3 nitrogen and oxygen atoms in total. The van der Waals surface area contributed by atoms with E-state index in [0.29, 0.717) is 13.2 Å². The lowest BCUT2D eigenvalue weighted by atomic mass is 10.4. The second-order valence-electron chi connectivity index (χ2n) is 1.71. The van der Waals surface area contributed by atoms with E-state index in [-0.39, 0.29) is 12.4 Å². The van der Waals surface area contributed by atoms with Crippen LogP contribution in [0.3, 0.4) is 0 Å². The van der Waals surface area contributed by atoms with Gasteiger partial charge in [0.25, 0.3) is 0 Å². The first-order valence-corrected chi connectivity index (χ1v) is 3.06. The fourth-order valence-electron chi connectivity index (χ4n) is 0.416. The van der Waals surface area contributed by atoms with Gasteiger partial charge in [-0.15, -0.1) is 6.58 Å². The van der Waals surface area contributed by atoms with Crippen molar-refractivity contribution < 1.29 is 14.3 Å². The Bertz CT molecular complexity index is 109. The van der Waals surface area contributed by atoms with Crippen molar-refractivity contribution in [2.75, 3.05) is 20.3 Å². The standard InChI is InChI=1S/C7H12O3/c1-3-4-7(8)10-6-5-9-2/h3H,1,4-6H2,2H3. The molecular formula is C7H12O3. The van der Waals surface area contributed by atoms with Crippen LogP contribution in [-0.4, -0.2) is 26.3 Å². The maximum atomic E-state index is 10.6. The van der Waals surface area contributed by atoms with Crippen LogP contribution in [0.25, 0.3) is 0 Å². The van der Waals surface area contributed by atoms with Gasteiger partial charge in [0.2, 0.25) is 0 Å². The molecule has 0 aromatic heterocycles. The van der Waals surface area contributed by atoms with E-state index >= 15 is 0 Å². The van der Waals surface area contributed by atoms with Crippen LogP contribution < -0.4 is 0 Å². The van der Waals surface area contributed by atoms with Crippen molar-refractivity contribution in [3.8, 4) is 0 Å². The van der Waals surface area contributed by atoms with E-state index in [1.54, 1.807) is 7.11 Å². The van der Waals surface area contributed by atoms with Crippen LogP contribution in [0.15, 0.2) is 12.7 Å². The van der Waals surface area contributed by atoms with E-state index in [0.717, 1.165) is 0 Å². The van der Waals surface area contributed by atoms with Crippen LogP contribution in [0.5, 0.6) is 0 Å². The normalized spacial score (nSPS) is 8.90. The average Bonchev–Trinajstić information content (AvgIpc) is 1.89. The van der Waals surface area contributed by atoms with Crippen LogP contribution in [0.4, 0.5) is 0 Å². The van der Waals surface area contributed by atoms with Gasteiger partial charge >= 0.3 is 5.97 Å². The van der Waals surface area contributed by atoms with E-state index in [9.17, 15) is 4.79 Å². The highest BCUT2D eigenvalue weighted by molar-refractivity contribution is 5.70. The number of rotatable bonds is 5. The van der Waals surface area contributed by atoms with Crippen molar-refractivity contribution in [1.82, 2.24) is 0 Å². The molecular weight excluding hydrogens is 132 g/mol. The smallest absolute Gasteiger partial charge is 0.309 e. The zero-order valence-corrected chi connectivity index (χ0v) is 6.13. The highest BCUT2D eigenvalue weighted by atomic mass is 16.6. The fraction of sp³-hybridized carbons (Fsp3) is 0.571. The topological polar surface area (TPSA) is 35.5 Å². The van der Waals surface area contributed by atoms with Crippen LogP contribution in [0.1, 0.15) is 6.42 Å². The Morgan fingerprint density at radius 2 is 2.30 bits per heavy atom. The van der Waals surface area contributed by atoms with Crippen LogP contribution in [0, 0.1) is 0 Å². The Morgan fingerprint density at radius 1 is 1.60 bits per heavy atom. The van der Waals surface area contributed by atoms with Crippen molar-refractivity contribution in [2.45, 2.75) is 6.42 Å². The minimum atomic E-state index is -0.257. The molecule has 3 heteroatoms. The number of hydrogen-bond acceptors (Lipinski definition) is 3. The number of ether oxygens (including phenoxy) is 2. The summed E-state index contributed by atoms with van der Waals surface area (Å²) in [6.07, 6.45) is 1.78. The summed E-state index contributed by atoms with van der Waals surface area (Å²) in [5, 5.41) is 0. The maximum absolute atomic E-state index is 10.6. The van der Waals surface area contributed by atoms with Gasteiger partial charge < -0.3 is 9.47 Å². The summed E-state index contributed by atoms with van der Waals surface area (Å²) in [5.74, 6) is -0.257. The Kier molecular flexibility index (Phi) is 5.77. The minimum absolute atomic E-state index is 0.257. The quantitative estimate of drug-likeness (QED) is 0.324. The van der Waals surface area contributed by atoms with Gasteiger partial charge in [0.05, 0.1) is 13.0 Å². The molecule has 0 heterocycles. The summed E-state index contributed by atoms with van der Waals surface area (Å²) in [4.78, 5) is 10.6. The molecule has 0 amide bonds. The molecule has 0 bridgehead atoms. The summed E-state index contributed by atoms with van der Waals surface area (Å²) in [6.45, 7) is 4.17. The SMILES string of the molecule is C=CCC(=O)OCCOC. The molecule has 0 unspecified atom stereocenters. The molecule has 0 atom stereocenters.